The number of nitrogens with zero attached hydrogens (tertiary/aromatic N) is 3. The van der Waals surface area contributed by atoms with Crippen molar-refractivity contribution in [3.63, 3.8) is 0 Å². The molecular formula is C21H29N3O4. The third-order valence-electron chi connectivity index (χ3n) is 4.94. The van der Waals surface area contributed by atoms with Crippen molar-refractivity contribution < 1.29 is 19.1 Å². The summed E-state index contributed by atoms with van der Waals surface area (Å²) in [5, 5.41) is 4.38. The van der Waals surface area contributed by atoms with Gasteiger partial charge in [0.25, 0.3) is 0 Å². The van der Waals surface area contributed by atoms with Gasteiger partial charge in [-0.25, -0.2) is 4.79 Å². The maximum absolute atomic E-state index is 12.8. The van der Waals surface area contributed by atoms with Crippen LogP contribution in [0.4, 0.5) is 0 Å². The van der Waals surface area contributed by atoms with Gasteiger partial charge in [-0.15, -0.1) is 0 Å². The lowest BCUT2D eigenvalue weighted by Gasteiger charge is -2.48. The zero-order chi connectivity index (χ0) is 21.0. The van der Waals surface area contributed by atoms with Gasteiger partial charge in [-0.1, -0.05) is 40.0 Å². The topological polar surface area (TPSA) is 81.5 Å². The lowest BCUT2D eigenvalue weighted by atomic mass is 9.76. The smallest absolute Gasteiger partial charge is 0.354 e. The number of aryl methyl sites for hydroxylation is 2. The second-order valence-corrected chi connectivity index (χ2v) is 7.40. The molecule has 0 aliphatic carbocycles. The zero-order valence-corrected chi connectivity index (χ0v) is 17.1. The van der Waals surface area contributed by atoms with Crippen LogP contribution in [0.1, 0.15) is 49.8 Å². The highest BCUT2D eigenvalue weighted by Crippen LogP contribution is 2.38. The number of likely N-dealkylation sites (tertiary alicyclic amines) is 1. The average molecular weight is 387 g/mol. The number of rotatable bonds is 10. The van der Waals surface area contributed by atoms with Gasteiger partial charge in [-0.2, -0.15) is 5.10 Å². The van der Waals surface area contributed by atoms with Gasteiger partial charge in [0, 0.05) is 18.7 Å². The van der Waals surface area contributed by atoms with Crippen LogP contribution in [0.5, 0.6) is 0 Å². The molecule has 0 bridgehead atoms. The fraction of sp³-hybridized carbons (Fsp3) is 0.524. The predicted molar refractivity (Wildman–Crippen MR) is 105 cm³/mol. The maximum atomic E-state index is 12.8. The van der Waals surface area contributed by atoms with E-state index in [1.165, 1.54) is 11.0 Å². The number of aromatic nitrogens is 2. The first kappa shape index (κ1) is 21.6. The Morgan fingerprint density at radius 2 is 2.07 bits per heavy atom. The predicted octanol–water partition coefficient (Wildman–Crippen LogP) is 2.90. The SMILES string of the molecule is C=CCOC(=O)C(=C)N1C(=O)C(C(C)C)C1CC(=O)c1cc(C)n(CCC)n1. The van der Waals surface area contributed by atoms with Crippen LogP contribution in [-0.2, 0) is 20.9 Å². The molecule has 1 amide bonds. The minimum atomic E-state index is -0.684. The third-order valence-corrected chi connectivity index (χ3v) is 4.94. The Morgan fingerprint density at radius 3 is 2.64 bits per heavy atom. The quantitative estimate of drug-likeness (QED) is 0.203. The molecule has 152 valence electrons. The molecule has 1 aromatic rings. The summed E-state index contributed by atoms with van der Waals surface area (Å²) in [5.41, 5.74) is 1.26. The zero-order valence-electron chi connectivity index (χ0n) is 17.1. The van der Waals surface area contributed by atoms with Gasteiger partial charge in [0.1, 0.15) is 18.0 Å². The highest BCUT2D eigenvalue weighted by atomic mass is 16.5. The van der Waals surface area contributed by atoms with Crippen molar-refractivity contribution in [1.29, 1.82) is 0 Å². The molecule has 0 N–H and O–H groups in total. The van der Waals surface area contributed by atoms with Gasteiger partial charge in [0.15, 0.2) is 5.78 Å². The second-order valence-electron chi connectivity index (χ2n) is 7.40. The van der Waals surface area contributed by atoms with Crippen LogP contribution in [0.2, 0.25) is 0 Å². The van der Waals surface area contributed by atoms with Crippen molar-refractivity contribution in [1.82, 2.24) is 14.7 Å². The van der Waals surface area contributed by atoms with Gasteiger partial charge < -0.3 is 9.64 Å². The van der Waals surface area contributed by atoms with Gasteiger partial charge in [0.2, 0.25) is 5.91 Å². The summed E-state index contributed by atoms with van der Waals surface area (Å²) in [7, 11) is 0. The number of amides is 1. The minimum absolute atomic E-state index is 0.0330. The lowest BCUT2D eigenvalue weighted by Crippen LogP contribution is -2.63. The molecule has 1 fully saturated rings. The Balaban J connectivity index is 2.18. The van der Waals surface area contributed by atoms with Gasteiger partial charge >= 0.3 is 5.97 Å². The minimum Gasteiger partial charge on any atom is -0.457 e. The fourth-order valence-corrected chi connectivity index (χ4v) is 3.54. The molecule has 7 heteroatoms. The van der Waals surface area contributed by atoms with E-state index in [2.05, 4.69) is 18.3 Å². The van der Waals surface area contributed by atoms with Crippen LogP contribution < -0.4 is 0 Å². The Kier molecular flexibility index (Phi) is 6.94. The van der Waals surface area contributed by atoms with Crippen molar-refractivity contribution in [2.45, 2.75) is 53.1 Å². The van der Waals surface area contributed by atoms with Crippen LogP contribution in [0.25, 0.3) is 0 Å². The van der Waals surface area contributed by atoms with Crippen molar-refractivity contribution in [2.24, 2.45) is 11.8 Å². The molecule has 2 unspecified atom stereocenters. The summed E-state index contributed by atoms with van der Waals surface area (Å²) in [5.74, 6) is -1.35. The van der Waals surface area contributed by atoms with E-state index >= 15 is 0 Å². The highest BCUT2D eigenvalue weighted by molar-refractivity contribution is 6.01. The molecule has 0 radical (unpaired) electrons. The lowest BCUT2D eigenvalue weighted by molar-refractivity contribution is -0.160. The largest absolute Gasteiger partial charge is 0.457 e. The first-order valence-corrected chi connectivity index (χ1v) is 9.60. The Hall–Kier alpha value is -2.70. The first-order valence-electron chi connectivity index (χ1n) is 9.60. The normalized spacial score (nSPS) is 18.8. The summed E-state index contributed by atoms with van der Waals surface area (Å²) < 4.78 is 6.79. The number of β-lactam (4-membered cyclic amide) rings is 1. The van der Waals surface area contributed by atoms with Crippen LogP contribution in [-0.4, -0.2) is 45.0 Å². The van der Waals surface area contributed by atoms with E-state index in [1.807, 2.05) is 32.4 Å². The molecule has 2 heterocycles. The number of hydrogen-bond acceptors (Lipinski definition) is 5. The van der Waals surface area contributed by atoms with Crippen molar-refractivity contribution in [3.8, 4) is 0 Å². The van der Waals surface area contributed by atoms with Crippen LogP contribution in [0.15, 0.2) is 31.0 Å². The van der Waals surface area contributed by atoms with Crippen LogP contribution >= 0.6 is 0 Å². The summed E-state index contributed by atoms with van der Waals surface area (Å²) in [4.78, 5) is 38.8. The number of carbonyl (C=O) groups is 3. The first-order chi connectivity index (χ1) is 13.2. The van der Waals surface area contributed by atoms with Gasteiger partial charge in [-0.3, -0.25) is 14.3 Å². The number of carbonyl (C=O) groups excluding carboxylic acids is 3. The van der Waals surface area contributed by atoms with Gasteiger partial charge in [-0.05, 0) is 25.3 Å². The number of ether oxygens (including phenoxy) is 1. The van der Waals surface area contributed by atoms with Crippen molar-refractivity contribution in [3.05, 3.63) is 42.4 Å². The molecule has 1 aliphatic heterocycles. The van der Waals surface area contributed by atoms with E-state index in [9.17, 15) is 14.4 Å². The monoisotopic (exact) mass is 387 g/mol. The van der Waals surface area contributed by atoms with Gasteiger partial charge in [0.05, 0.1) is 12.0 Å². The number of ketones is 1. The molecule has 0 spiro atoms. The molecule has 0 saturated carbocycles. The van der Waals surface area contributed by atoms with E-state index in [1.54, 1.807) is 6.07 Å². The molecule has 2 rings (SSSR count). The Bertz CT molecular complexity index is 794. The third kappa shape index (κ3) is 4.24. The van der Waals surface area contributed by atoms with Crippen molar-refractivity contribution >= 4 is 17.7 Å². The van der Waals surface area contributed by atoms with E-state index in [4.69, 9.17) is 4.74 Å². The summed E-state index contributed by atoms with van der Waals surface area (Å²) in [6, 6.07) is 1.33. The fourth-order valence-electron chi connectivity index (χ4n) is 3.54. The molecule has 1 saturated heterocycles. The standard InChI is InChI=1S/C21H29N3O4/c1-7-9-23-14(5)11-16(22-23)18(25)12-17-19(13(3)4)20(26)24(17)15(6)21(27)28-10-8-2/h8,11,13,17,19H,2,6-7,9-10,12H2,1,3-5H3. The molecule has 2 atom stereocenters. The van der Waals surface area contributed by atoms with Crippen molar-refractivity contribution in [2.75, 3.05) is 6.61 Å². The molecule has 1 aromatic heterocycles. The Labute approximate surface area is 166 Å². The number of hydrogen-bond donors (Lipinski definition) is 0. The summed E-state index contributed by atoms with van der Waals surface area (Å²) in [6.45, 7) is 15.8. The van der Waals surface area contributed by atoms with E-state index in [-0.39, 0.29) is 42.3 Å². The highest BCUT2D eigenvalue weighted by Gasteiger charge is 2.51. The molecule has 0 aromatic carbocycles. The van der Waals surface area contributed by atoms with E-state index in [0.29, 0.717) is 5.69 Å². The number of Topliss-reactive ketones (excluding diaryl/α,β-unsaturated/α-hetero) is 1. The molecule has 28 heavy (non-hydrogen) atoms. The maximum Gasteiger partial charge on any atom is 0.354 e. The summed E-state index contributed by atoms with van der Waals surface area (Å²) in [6.07, 6.45) is 2.45. The molecule has 7 nitrogen and oxygen atoms in total. The summed E-state index contributed by atoms with van der Waals surface area (Å²) >= 11 is 0. The molecule has 1 aliphatic rings. The second kappa shape index (κ2) is 8.99. The van der Waals surface area contributed by atoms with Crippen LogP contribution in [0.3, 0.4) is 0 Å². The van der Waals surface area contributed by atoms with E-state index < -0.39 is 12.0 Å². The average Bonchev–Trinajstić information content (AvgIpc) is 2.99. The van der Waals surface area contributed by atoms with E-state index in [0.717, 1.165) is 18.7 Å². The van der Waals surface area contributed by atoms with Crippen LogP contribution in [0, 0.1) is 18.8 Å². The number of esters is 1. The Morgan fingerprint density at radius 1 is 1.39 bits per heavy atom. The molecular weight excluding hydrogens is 358 g/mol.